The van der Waals surface area contributed by atoms with Gasteiger partial charge < -0.3 is 9.64 Å². The Hall–Kier alpha value is -0.210. The summed E-state index contributed by atoms with van der Waals surface area (Å²) in [6.07, 6.45) is 3.03. The number of likely N-dealkylation sites (tertiary alicyclic amines) is 1. The van der Waals surface area contributed by atoms with Crippen LogP contribution in [-0.2, 0) is 14.8 Å². The number of rotatable bonds is 5. The third-order valence-electron chi connectivity index (χ3n) is 4.45. The summed E-state index contributed by atoms with van der Waals surface area (Å²) in [6, 6.07) is 0.0998. The van der Waals surface area contributed by atoms with Gasteiger partial charge in [0.05, 0.1) is 19.5 Å². The number of piperidine rings is 1. The van der Waals surface area contributed by atoms with Gasteiger partial charge in [0.15, 0.2) is 0 Å². The highest BCUT2D eigenvalue weighted by molar-refractivity contribution is 7.88. The summed E-state index contributed by atoms with van der Waals surface area (Å²) >= 11 is 0. The summed E-state index contributed by atoms with van der Waals surface area (Å²) in [6.45, 7) is 11.2. The fourth-order valence-corrected chi connectivity index (χ4v) is 4.17. The van der Waals surface area contributed by atoms with E-state index in [0.29, 0.717) is 0 Å². The predicted molar refractivity (Wildman–Crippen MR) is 83.9 cm³/mol. The summed E-state index contributed by atoms with van der Waals surface area (Å²) < 4.78 is 30.7. The van der Waals surface area contributed by atoms with E-state index in [-0.39, 0.29) is 11.6 Å². The van der Waals surface area contributed by atoms with E-state index in [0.717, 1.165) is 58.8 Å². The summed E-state index contributed by atoms with van der Waals surface area (Å²) in [5, 5.41) is 0. The van der Waals surface area contributed by atoms with Crippen molar-refractivity contribution in [2.45, 2.75) is 38.3 Å². The first-order valence-corrected chi connectivity index (χ1v) is 9.68. The van der Waals surface area contributed by atoms with Crippen LogP contribution in [0.3, 0.4) is 0 Å². The van der Waals surface area contributed by atoms with Gasteiger partial charge in [-0.05, 0) is 39.8 Å². The summed E-state index contributed by atoms with van der Waals surface area (Å²) in [4.78, 5) is 4.95. The molecule has 124 valence electrons. The molecule has 2 heterocycles. The monoisotopic (exact) mass is 319 g/mol. The highest BCUT2D eigenvalue weighted by atomic mass is 32.2. The van der Waals surface area contributed by atoms with Gasteiger partial charge >= 0.3 is 0 Å². The van der Waals surface area contributed by atoms with E-state index < -0.39 is 10.0 Å². The lowest BCUT2D eigenvalue weighted by Crippen LogP contribution is -2.57. The predicted octanol–water partition coefficient (Wildman–Crippen LogP) is 0.111. The zero-order valence-electron chi connectivity index (χ0n) is 13.5. The second-order valence-electron chi connectivity index (χ2n) is 6.85. The fraction of sp³-hybridized carbons (Fsp3) is 1.00. The van der Waals surface area contributed by atoms with Crippen molar-refractivity contribution in [1.29, 1.82) is 0 Å². The lowest BCUT2D eigenvalue weighted by Gasteiger charge is -2.45. The van der Waals surface area contributed by atoms with Crippen LogP contribution in [0.5, 0.6) is 0 Å². The maximum Gasteiger partial charge on any atom is 0.208 e. The molecule has 0 unspecified atom stereocenters. The number of morpholine rings is 1. The lowest BCUT2D eigenvalue weighted by atomic mass is 9.98. The molecule has 0 aliphatic carbocycles. The molecule has 2 aliphatic rings. The van der Waals surface area contributed by atoms with Crippen LogP contribution in [0.4, 0.5) is 0 Å². The minimum absolute atomic E-state index is 0.0998. The van der Waals surface area contributed by atoms with Crippen LogP contribution in [0, 0.1) is 0 Å². The first-order chi connectivity index (χ1) is 9.76. The van der Waals surface area contributed by atoms with Crippen LogP contribution in [0.15, 0.2) is 0 Å². The van der Waals surface area contributed by atoms with Crippen molar-refractivity contribution in [3.63, 3.8) is 0 Å². The molecule has 0 aromatic carbocycles. The van der Waals surface area contributed by atoms with Crippen LogP contribution in [0.25, 0.3) is 0 Å². The van der Waals surface area contributed by atoms with Gasteiger partial charge in [0.25, 0.3) is 0 Å². The molecule has 0 amide bonds. The Balaban J connectivity index is 1.79. The van der Waals surface area contributed by atoms with Crippen molar-refractivity contribution in [2.24, 2.45) is 0 Å². The van der Waals surface area contributed by atoms with Crippen molar-refractivity contribution >= 4 is 10.0 Å². The standard InChI is InChI=1S/C14H29N3O3S/c1-14(2,17-8-10-20-11-9-17)12-16-6-4-13(5-7-16)15-21(3,18)19/h13,15H,4-12H2,1-3H3. The van der Waals surface area contributed by atoms with Crippen LogP contribution in [0.2, 0.25) is 0 Å². The van der Waals surface area contributed by atoms with Crippen molar-refractivity contribution < 1.29 is 13.2 Å². The quantitative estimate of drug-likeness (QED) is 0.779. The molecular formula is C14H29N3O3S. The maximum absolute atomic E-state index is 11.3. The van der Waals surface area contributed by atoms with E-state index in [4.69, 9.17) is 4.74 Å². The first-order valence-electron chi connectivity index (χ1n) is 7.79. The Kier molecular flexibility index (Phi) is 5.65. The highest BCUT2D eigenvalue weighted by Crippen LogP contribution is 2.20. The normalized spacial score (nSPS) is 24.3. The first kappa shape index (κ1) is 17.1. The summed E-state index contributed by atoms with van der Waals surface area (Å²) in [5.74, 6) is 0. The van der Waals surface area contributed by atoms with Gasteiger partial charge in [-0.3, -0.25) is 4.90 Å². The molecule has 7 heteroatoms. The molecule has 2 fully saturated rings. The SMILES string of the molecule is CC(C)(CN1CCC(NS(C)(=O)=O)CC1)N1CCOCC1. The fourth-order valence-electron chi connectivity index (χ4n) is 3.33. The van der Waals surface area contributed by atoms with E-state index in [1.54, 1.807) is 0 Å². The number of hydrogen-bond donors (Lipinski definition) is 1. The van der Waals surface area contributed by atoms with Gasteiger partial charge in [-0.25, -0.2) is 13.1 Å². The van der Waals surface area contributed by atoms with E-state index in [2.05, 4.69) is 28.4 Å². The molecule has 2 saturated heterocycles. The van der Waals surface area contributed by atoms with Gasteiger partial charge in [-0.2, -0.15) is 0 Å². The molecule has 2 rings (SSSR count). The zero-order chi connectivity index (χ0) is 15.5. The zero-order valence-corrected chi connectivity index (χ0v) is 14.3. The molecular weight excluding hydrogens is 290 g/mol. The van der Waals surface area contributed by atoms with E-state index in [9.17, 15) is 8.42 Å². The highest BCUT2D eigenvalue weighted by Gasteiger charge is 2.32. The van der Waals surface area contributed by atoms with Crippen LogP contribution >= 0.6 is 0 Å². The molecule has 2 aliphatic heterocycles. The van der Waals surface area contributed by atoms with Gasteiger partial charge in [-0.1, -0.05) is 0 Å². The summed E-state index contributed by atoms with van der Waals surface area (Å²) in [5.41, 5.74) is 0.140. The van der Waals surface area contributed by atoms with E-state index >= 15 is 0 Å². The molecule has 0 aromatic heterocycles. The molecule has 1 N–H and O–H groups in total. The number of hydrogen-bond acceptors (Lipinski definition) is 5. The van der Waals surface area contributed by atoms with Crippen LogP contribution < -0.4 is 4.72 Å². The van der Waals surface area contributed by atoms with E-state index in [1.165, 1.54) is 6.26 Å². The Labute approximate surface area is 128 Å². The smallest absolute Gasteiger partial charge is 0.208 e. The molecule has 0 bridgehead atoms. The number of nitrogens with zero attached hydrogens (tertiary/aromatic N) is 2. The molecule has 0 atom stereocenters. The van der Waals surface area contributed by atoms with Crippen molar-refractivity contribution in [2.75, 3.05) is 52.2 Å². The Morgan fingerprint density at radius 3 is 2.24 bits per heavy atom. The number of nitrogens with one attached hydrogen (secondary N) is 1. The topological polar surface area (TPSA) is 61.9 Å². The van der Waals surface area contributed by atoms with Crippen molar-refractivity contribution in [1.82, 2.24) is 14.5 Å². The van der Waals surface area contributed by atoms with Crippen molar-refractivity contribution in [3.8, 4) is 0 Å². The Morgan fingerprint density at radius 1 is 1.14 bits per heavy atom. The summed E-state index contributed by atoms with van der Waals surface area (Å²) in [7, 11) is -3.08. The second-order valence-corrected chi connectivity index (χ2v) is 8.63. The maximum atomic E-state index is 11.3. The number of sulfonamides is 1. The Morgan fingerprint density at radius 2 is 1.71 bits per heavy atom. The molecule has 0 spiro atoms. The van der Waals surface area contributed by atoms with Gasteiger partial charge in [0, 0.05) is 31.2 Å². The van der Waals surface area contributed by atoms with Gasteiger partial charge in [-0.15, -0.1) is 0 Å². The average molecular weight is 319 g/mol. The third kappa shape index (κ3) is 5.49. The third-order valence-corrected chi connectivity index (χ3v) is 5.21. The van der Waals surface area contributed by atoms with Gasteiger partial charge in [0.2, 0.25) is 10.0 Å². The molecule has 0 saturated carbocycles. The largest absolute Gasteiger partial charge is 0.379 e. The average Bonchev–Trinajstić information content (AvgIpc) is 2.40. The number of ether oxygens (including phenoxy) is 1. The van der Waals surface area contributed by atoms with Gasteiger partial charge in [0.1, 0.15) is 0 Å². The lowest BCUT2D eigenvalue weighted by molar-refractivity contribution is -0.0239. The van der Waals surface area contributed by atoms with E-state index in [1.807, 2.05) is 0 Å². The minimum atomic E-state index is -3.08. The molecule has 0 aromatic rings. The minimum Gasteiger partial charge on any atom is -0.379 e. The van der Waals surface area contributed by atoms with Crippen LogP contribution in [0.1, 0.15) is 26.7 Å². The molecule has 6 nitrogen and oxygen atoms in total. The van der Waals surface area contributed by atoms with Crippen LogP contribution in [-0.4, -0.2) is 82.0 Å². The Bertz CT molecular complexity index is 425. The second kappa shape index (κ2) is 6.91. The molecule has 21 heavy (non-hydrogen) atoms. The molecule has 0 radical (unpaired) electrons. The van der Waals surface area contributed by atoms with Crippen molar-refractivity contribution in [3.05, 3.63) is 0 Å².